The van der Waals surface area contributed by atoms with Crippen molar-refractivity contribution >= 4 is 27.6 Å². The molecule has 0 saturated heterocycles. The number of alkyl halides is 1. The topological polar surface area (TPSA) is 69.4 Å². The molecular weight excluding hydrogens is 278 g/mol. The lowest BCUT2D eigenvalue weighted by atomic mass is 10.3. The molecule has 0 N–H and O–H groups in total. The Morgan fingerprint density at radius 2 is 2.00 bits per heavy atom. The molecule has 16 heavy (non-hydrogen) atoms. The van der Waals surface area contributed by atoms with Crippen molar-refractivity contribution < 1.29 is 14.5 Å². The van der Waals surface area contributed by atoms with E-state index >= 15 is 0 Å². The van der Waals surface area contributed by atoms with Crippen molar-refractivity contribution in [2.24, 2.45) is 0 Å². The molecule has 0 saturated carbocycles. The zero-order valence-electron chi connectivity index (χ0n) is 8.39. The van der Waals surface area contributed by atoms with E-state index < -0.39 is 4.92 Å². The van der Waals surface area contributed by atoms with Crippen LogP contribution in [0.25, 0.3) is 0 Å². The summed E-state index contributed by atoms with van der Waals surface area (Å²) in [6.45, 7) is 0. The van der Waals surface area contributed by atoms with Crippen molar-refractivity contribution in [2.75, 3.05) is 5.33 Å². The van der Waals surface area contributed by atoms with Crippen LogP contribution in [0.15, 0.2) is 24.3 Å². The minimum absolute atomic E-state index is 0.0275. The summed E-state index contributed by atoms with van der Waals surface area (Å²) in [5.74, 6) is -0.0153. The number of nitrogens with zero attached hydrogens (tertiary/aromatic N) is 1. The van der Waals surface area contributed by atoms with Crippen molar-refractivity contribution in [1.29, 1.82) is 0 Å². The van der Waals surface area contributed by atoms with Gasteiger partial charge in [-0.25, -0.2) is 0 Å². The largest absolute Gasteiger partial charge is 0.427 e. The highest BCUT2D eigenvalue weighted by Crippen LogP contribution is 2.17. The highest BCUT2D eigenvalue weighted by atomic mass is 79.9. The van der Waals surface area contributed by atoms with Gasteiger partial charge in [0.15, 0.2) is 0 Å². The lowest BCUT2D eigenvalue weighted by molar-refractivity contribution is -0.384. The monoisotopic (exact) mass is 287 g/mol. The van der Waals surface area contributed by atoms with Crippen LogP contribution < -0.4 is 4.74 Å². The highest BCUT2D eigenvalue weighted by Gasteiger charge is 2.07. The molecule has 0 spiro atoms. The molecule has 0 heterocycles. The number of nitro groups is 1. The van der Waals surface area contributed by atoms with E-state index in [4.69, 9.17) is 4.74 Å². The van der Waals surface area contributed by atoms with Gasteiger partial charge in [-0.1, -0.05) is 15.9 Å². The molecule has 0 atom stereocenters. The summed E-state index contributed by atoms with van der Waals surface area (Å²) >= 11 is 3.21. The predicted octanol–water partition coefficient (Wildman–Crippen LogP) is 2.68. The Hall–Kier alpha value is -1.43. The van der Waals surface area contributed by atoms with Gasteiger partial charge >= 0.3 is 5.97 Å². The Balaban J connectivity index is 2.55. The van der Waals surface area contributed by atoms with Gasteiger partial charge in [-0.2, -0.15) is 0 Å². The number of ether oxygens (including phenoxy) is 1. The zero-order valence-corrected chi connectivity index (χ0v) is 9.97. The van der Waals surface area contributed by atoms with Gasteiger partial charge in [0.25, 0.3) is 5.69 Å². The standard InChI is InChI=1S/C10H10BrNO4/c11-7-1-2-10(13)16-9-5-3-8(4-6-9)12(14)15/h3-6H,1-2,7H2. The lowest BCUT2D eigenvalue weighted by Crippen LogP contribution is -2.07. The predicted molar refractivity (Wildman–Crippen MR) is 61.8 cm³/mol. The maximum Gasteiger partial charge on any atom is 0.311 e. The fraction of sp³-hybridized carbons (Fsp3) is 0.300. The summed E-state index contributed by atoms with van der Waals surface area (Å²) in [7, 11) is 0. The molecule has 1 aromatic rings. The van der Waals surface area contributed by atoms with Gasteiger partial charge in [0.2, 0.25) is 0 Å². The zero-order chi connectivity index (χ0) is 12.0. The molecule has 0 unspecified atom stereocenters. The fourth-order valence-electron chi connectivity index (χ4n) is 1.03. The third-order valence-corrected chi connectivity index (χ3v) is 2.35. The van der Waals surface area contributed by atoms with Crippen molar-refractivity contribution in [2.45, 2.75) is 12.8 Å². The second-order valence-corrected chi connectivity index (χ2v) is 3.81. The number of esters is 1. The van der Waals surface area contributed by atoms with Crippen LogP contribution in [0.1, 0.15) is 12.8 Å². The van der Waals surface area contributed by atoms with Crippen LogP contribution >= 0.6 is 15.9 Å². The Morgan fingerprint density at radius 3 is 2.50 bits per heavy atom. The van der Waals surface area contributed by atoms with Gasteiger partial charge in [0.1, 0.15) is 5.75 Å². The number of nitro benzene ring substituents is 1. The number of halogens is 1. The molecule has 0 radical (unpaired) electrons. The lowest BCUT2D eigenvalue weighted by Gasteiger charge is -2.02. The Bertz CT molecular complexity index is 377. The summed E-state index contributed by atoms with van der Waals surface area (Å²) < 4.78 is 4.97. The molecule has 0 aliphatic carbocycles. The molecule has 0 aliphatic heterocycles. The van der Waals surface area contributed by atoms with E-state index in [1.54, 1.807) is 0 Å². The summed E-state index contributed by atoms with van der Waals surface area (Å²) in [5, 5.41) is 11.1. The summed E-state index contributed by atoms with van der Waals surface area (Å²) in [6, 6.07) is 5.41. The van der Waals surface area contributed by atoms with Crippen molar-refractivity contribution in [3.63, 3.8) is 0 Å². The first-order chi connectivity index (χ1) is 7.63. The summed E-state index contributed by atoms with van der Waals surface area (Å²) in [5.41, 5.74) is -0.0275. The third-order valence-electron chi connectivity index (χ3n) is 1.79. The number of non-ortho nitro benzene ring substituents is 1. The van der Waals surface area contributed by atoms with Crippen molar-refractivity contribution in [3.05, 3.63) is 34.4 Å². The van der Waals surface area contributed by atoms with Crippen molar-refractivity contribution in [3.8, 4) is 5.75 Å². The van der Waals surface area contributed by atoms with Gasteiger partial charge < -0.3 is 4.74 Å². The Labute approximate surface area is 101 Å². The molecule has 0 aliphatic rings. The molecule has 0 fully saturated rings. The molecule has 0 bridgehead atoms. The van der Waals surface area contributed by atoms with E-state index in [9.17, 15) is 14.9 Å². The van der Waals surface area contributed by atoms with E-state index in [0.717, 1.165) is 5.33 Å². The maximum atomic E-state index is 11.2. The Morgan fingerprint density at radius 1 is 1.38 bits per heavy atom. The highest BCUT2D eigenvalue weighted by molar-refractivity contribution is 9.09. The van der Waals surface area contributed by atoms with Gasteiger partial charge in [0, 0.05) is 23.9 Å². The minimum atomic E-state index is -0.504. The van der Waals surface area contributed by atoms with E-state index in [1.165, 1.54) is 24.3 Å². The first-order valence-electron chi connectivity index (χ1n) is 4.64. The van der Waals surface area contributed by atoms with Crippen LogP contribution in [0.4, 0.5) is 5.69 Å². The smallest absolute Gasteiger partial charge is 0.311 e. The molecule has 0 amide bonds. The minimum Gasteiger partial charge on any atom is -0.427 e. The van der Waals surface area contributed by atoms with Crippen LogP contribution in [0.3, 0.4) is 0 Å². The number of rotatable bonds is 5. The normalized spacial score (nSPS) is 9.81. The van der Waals surface area contributed by atoms with E-state index in [1.807, 2.05) is 0 Å². The van der Waals surface area contributed by atoms with Crippen molar-refractivity contribution in [1.82, 2.24) is 0 Å². The molecule has 5 nitrogen and oxygen atoms in total. The third kappa shape index (κ3) is 3.98. The van der Waals surface area contributed by atoms with Gasteiger partial charge in [-0.3, -0.25) is 14.9 Å². The molecule has 1 aromatic carbocycles. The van der Waals surface area contributed by atoms with Crippen LogP contribution in [0.2, 0.25) is 0 Å². The number of carbonyl (C=O) groups is 1. The maximum absolute atomic E-state index is 11.2. The van der Waals surface area contributed by atoms with Crippen LogP contribution in [0.5, 0.6) is 5.75 Å². The number of carbonyl (C=O) groups excluding carboxylic acids is 1. The van der Waals surface area contributed by atoms with E-state index in [-0.39, 0.29) is 11.7 Å². The Kier molecular flexibility index (Phi) is 4.91. The van der Waals surface area contributed by atoms with E-state index in [2.05, 4.69) is 15.9 Å². The second-order valence-electron chi connectivity index (χ2n) is 3.02. The quantitative estimate of drug-likeness (QED) is 0.274. The summed E-state index contributed by atoms with van der Waals surface area (Å²) in [4.78, 5) is 21.1. The van der Waals surface area contributed by atoms with Crippen LogP contribution in [-0.4, -0.2) is 16.2 Å². The van der Waals surface area contributed by atoms with Gasteiger partial charge in [-0.05, 0) is 18.6 Å². The first kappa shape index (κ1) is 12.6. The second kappa shape index (κ2) is 6.22. The average Bonchev–Trinajstić information content (AvgIpc) is 2.27. The van der Waals surface area contributed by atoms with Crippen LogP contribution in [0, 0.1) is 10.1 Å². The SMILES string of the molecule is O=C(CCCBr)Oc1ccc([N+](=O)[O-])cc1. The first-order valence-corrected chi connectivity index (χ1v) is 5.76. The van der Waals surface area contributed by atoms with Gasteiger partial charge in [-0.15, -0.1) is 0 Å². The number of benzene rings is 1. The van der Waals surface area contributed by atoms with Crippen LogP contribution in [-0.2, 0) is 4.79 Å². The number of hydrogen-bond donors (Lipinski definition) is 0. The molecule has 1 rings (SSSR count). The average molecular weight is 288 g/mol. The molecule has 6 heteroatoms. The molecule has 0 aromatic heterocycles. The fourth-order valence-corrected chi connectivity index (χ4v) is 1.31. The van der Waals surface area contributed by atoms with E-state index in [0.29, 0.717) is 18.6 Å². The summed E-state index contributed by atoms with van der Waals surface area (Å²) in [6.07, 6.45) is 1.02. The van der Waals surface area contributed by atoms with Gasteiger partial charge in [0.05, 0.1) is 4.92 Å². The molecule has 86 valence electrons. The molecular formula is C10H10BrNO4. The number of hydrogen-bond acceptors (Lipinski definition) is 4.